The van der Waals surface area contributed by atoms with E-state index < -0.39 is 0 Å². The SMILES string of the molecule is Cc1cccc(-c2nn(C3CCCCO3)cc2C2=C\C=C\C3=CC(C4=COC=CC=C4)=CCC=C3/C=C\2)n1. The number of ether oxygens (including phenoxy) is 2. The van der Waals surface area contributed by atoms with Crippen molar-refractivity contribution >= 4 is 5.57 Å². The summed E-state index contributed by atoms with van der Waals surface area (Å²) in [5, 5.41) is 5.01. The molecule has 6 rings (SSSR count). The Labute approximate surface area is 223 Å². The van der Waals surface area contributed by atoms with Gasteiger partial charge in [-0.25, -0.2) is 4.68 Å². The first-order valence-corrected chi connectivity index (χ1v) is 13.3. The van der Waals surface area contributed by atoms with Crippen LogP contribution in [0.5, 0.6) is 0 Å². The zero-order chi connectivity index (χ0) is 25.7. The number of allylic oxidation sites excluding steroid dienone is 16. The zero-order valence-corrected chi connectivity index (χ0v) is 21.6. The fourth-order valence-electron chi connectivity index (χ4n) is 5.03. The maximum absolute atomic E-state index is 6.06. The Bertz CT molecular complexity index is 1500. The molecule has 5 nitrogen and oxygen atoms in total. The van der Waals surface area contributed by atoms with Crippen molar-refractivity contribution in [1.82, 2.24) is 14.8 Å². The van der Waals surface area contributed by atoms with Crippen LogP contribution in [0.25, 0.3) is 17.0 Å². The van der Waals surface area contributed by atoms with Crippen molar-refractivity contribution in [3.63, 3.8) is 0 Å². The molecule has 0 bridgehead atoms. The van der Waals surface area contributed by atoms with Gasteiger partial charge in [-0.05, 0) is 79.2 Å². The van der Waals surface area contributed by atoms with E-state index in [0.29, 0.717) is 0 Å². The Kier molecular flexibility index (Phi) is 7.01. The van der Waals surface area contributed by atoms with Crippen molar-refractivity contribution in [1.29, 1.82) is 0 Å². The Hall–Kier alpha value is -4.22. The maximum atomic E-state index is 6.06. The average molecular weight is 502 g/mol. The van der Waals surface area contributed by atoms with E-state index in [1.165, 1.54) is 11.1 Å². The zero-order valence-electron chi connectivity index (χ0n) is 21.6. The largest absolute Gasteiger partial charge is 0.472 e. The normalized spacial score (nSPS) is 24.0. The Morgan fingerprint density at radius 1 is 0.895 bits per heavy atom. The van der Waals surface area contributed by atoms with Gasteiger partial charge >= 0.3 is 0 Å². The molecule has 2 aromatic heterocycles. The van der Waals surface area contributed by atoms with Crippen LogP contribution in [0, 0.1) is 6.92 Å². The number of nitrogens with zero attached hydrogens (tertiary/aromatic N) is 3. The van der Waals surface area contributed by atoms with Crippen LogP contribution in [0.1, 0.15) is 43.2 Å². The number of aryl methyl sites for hydroxylation is 1. The van der Waals surface area contributed by atoms with Crippen LogP contribution < -0.4 is 0 Å². The van der Waals surface area contributed by atoms with Crippen molar-refractivity contribution < 1.29 is 9.47 Å². The van der Waals surface area contributed by atoms with Crippen LogP contribution in [0.3, 0.4) is 0 Å². The van der Waals surface area contributed by atoms with E-state index in [4.69, 9.17) is 19.6 Å². The molecule has 2 aromatic rings. The van der Waals surface area contributed by atoms with E-state index in [9.17, 15) is 0 Å². The third-order valence-corrected chi connectivity index (χ3v) is 7.01. The number of hydrogen-bond donors (Lipinski definition) is 0. The van der Waals surface area contributed by atoms with Gasteiger partial charge in [0.15, 0.2) is 0 Å². The van der Waals surface area contributed by atoms with E-state index in [1.807, 2.05) is 42.0 Å². The van der Waals surface area contributed by atoms with E-state index in [-0.39, 0.29) is 6.23 Å². The molecule has 4 aliphatic rings. The number of rotatable bonds is 4. The lowest BCUT2D eigenvalue weighted by atomic mass is 9.96. The minimum absolute atomic E-state index is 0.0372. The first-order valence-electron chi connectivity index (χ1n) is 13.3. The number of hydrogen-bond acceptors (Lipinski definition) is 4. The second-order valence-corrected chi connectivity index (χ2v) is 9.72. The van der Waals surface area contributed by atoms with Crippen molar-refractivity contribution in [2.75, 3.05) is 6.61 Å². The van der Waals surface area contributed by atoms with Gasteiger partial charge < -0.3 is 9.47 Å². The molecule has 4 heterocycles. The summed E-state index contributed by atoms with van der Waals surface area (Å²) in [6.45, 7) is 2.79. The molecule has 1 unspecified atom stereocenters. The molecule has 0 N–H and O–H groups in total. The minimum Gasteiger partial charge on any atom is -0.472 e. The third kappa shape index (κ3) is 5.24. The maximum Gasteiger partial charge on any atom is 0.150 e. The van der Waals surface area contributed by atoms with Gasteiger partial charge in [-0.15, -0.1) is 0 Å². The smallest absolute Gasteiger partial charge is 0.150 e. The molecule has 5 heteroatoms. The predicted molar refractivity (Wildman–Crippen MR) is 152 cm³/mol. The molecule has 2 aliphatic carbocycles. The summed E-state index contributed by atoms with van der Waals surface area (Å²) in [5.41, 5.74) is 9.43. The first kappa shape index (κ1) is 24.1. The van der Waals surface area contributed by atoms with Gasteiger partial charge in [-0.3, -0.25) is 4.98 Å². The number of pyridine rings is 1. The number of fused-ring (bicyclic) bond motifs is 1. The molecule has 0 spiro atoms. The lowest BCUT2D eigenvalue weighted by Gasteiger charge is -2.22. The molecule has 0 amide bonds. The second kappa shape index (κ2) is 11.0. The predicted octanol–water partition coefficient (Wildman–Crippen LogP) is 7.63. The van der Waals surface area contributed by atoms with Crippen LogP contribution in [0.15, 0.2) is 126 Å². The molecule has 190 valence electrons. The fraction of sp³-hybridized carbons (Fsp3) is 0.212. The topological polar surface area (TPSA) is 49.2 Å². The van der Waals surface area contributed by atoms with Gasteiger partial charge in [-0.2, -0.15) is 5.10 Å². The average Bonchev–Trinajstić information content (AvgIpc) is 3.06. The Morgan fingerprint density at radius 3 is 2.68 bits per heavy atom. The summed E-state index contributed by atoms with van der Waals surface area (Å²) < 4.78 is 13.5. The van der Waals surface area contributed by atoms with Gasteiger partial charge in [-0.1, -0.05) is 60.8 Å². The first-order chi connectivity index (χ1) is 18.7. The summed E-state index contributed by atoms with van der Waals surface area (Å²) in [6, 6.07) is 6.09. The summed E-state index contributed by atoms with van der Waals surface area (Å²) in [5.74, 6) is 0. The molecule has 1 fully saturated rings. The molecule has 38 heavy (non-hydrogen) atoms. The molecule has 0 saturated carbocycles. The highest BCUT2D eigenvalue weighted by atomic mass is 16.5. The molecule has 2 aliphatic heterocycles. The van der Waals surface area contributed by atoms with Crippen molar-refractivity contribution in [3.8, 4) is 11.4 Å². The second-order valence-electron chi connectivity index (χ2n) is 9.72. The van der Waals surface area contributed by atoms with Gasteiger partial charge in [0.25, 0.3) is 0 Å². The standard InChI is InChI=1S/C33H31N3O2/c1-24-9-6-15-31(34-24)33-30(22-36(35-33)32-16-3-5-20-38-32)26-12-8-13-27-21-28(14-7-11-25(27)17-18-26)29-10-2-4-19-37-23-29/h2,4,6,8-15,17-19,21-23,32H,3,5,7,16,20H2,1H3/b13-8+,18-17-,26-12-. The van der Waals surface area contributed by atoms with Crippen LogP contribution in [0.2, 0.25) is 0 Å². The molecule has 0 radical (unpaired) electrons. The highest BCUT2D eigenvalue weighted by Crippen LogP contribution is 2.34. The van der Waals surface area contributed by atoms with Crippen LogP contribution in [-0.4, -0.2) is 21.4 Å². The highest BCUT2D eigenvalue weighted by molar-refractivity contribution is 5.84. The van der Waals surface area contributed by atoms with Crippen molar-refractivity contribution in [2.24, 2.45) is 0 Å². The highest BCUT2D eigenvalue weighted by Gasteiger charge is 2.22. The Morgan fingerprint density at radius 2 is 1.79 bits per heavy atom. The van der Waals surface area contributed by atoms with E-state index >= 15 is 0 Å². The third-order valence-electron chi connectivity index (χ3n) is 7.01. The van der Waals surface area contributed by atoms with Gasteiger partial charge in [0, 0.05) is 29.6 Å². The van der Waals surface area contributed by atoms with Crippen molar-refractivity contribution in [3.05, 3.63) is 137 Å². The van der Waals surface area contributed by atoms with Crippen LogP contribution in [-0.2, 0) is 9.47 Å². The summed E-state index contributed by atoms with van der Waals surface area (Å²) in [4.78, 5) is 4.80. The van der Waals surface area contributed by atoms with Gasteiger partial charge in [0.1, 0.15) is 11.9 Å². The number of aromatic nitrogens is 3. The summed E-state index contributed by atoms with van der Waals surface area (Å²) >= 11 is 0. The fourth-order valence-corrected chi connectivity index (χ4v) is 5.03. The van der Waals surface area contributed by atoms with Crippen LogP contribution >= 0.6 is 0 Å². The van der Waals surface area contributed by atoms with Gasteiger partial charge in [0.05, 0.1) is 18.2 Å². The quantitative estimate of drug-likeness (QED) is 0.432. The van der Waals surface area contributed by atoms with Gasteiger partial charge in [0.2, 0.25) is 0 Å². The van der Waals surface area contributed by atoms with E-state index in [0.717, 1.165) is 71.7 Å². The summed E-state index contributed by atoms with van der Waals surface area (Å²) in [7, 11) is 0. The van der Waals surface area contributed by atoms with Crippen LogP contribution in [0.4, 0.5) is 0 Å². The molecule has 1 atom stereocenters. The lowest BCUT2D eigenvalue weighted by Crippen LogP contribution is -2.18. The van der Waals surface area contributed by atoms with E-state index in [1.54, 1.807) is 12.5 Å². The van der Waals surface area contributed by atoms with Crippen molar-refractivity contribution in [2.45, 2.75) is 38.8 Å². The molecule has 1 saturated heterocycles. The minimum atomic E-state index is -0.0372. The molecular formula is C33H31N3O2. The molecular weight excluding hydrogens is 470 g/mol. The lowest BCUT2D eigenvalue weighted by molar-refractivity contribution is -0.0393. The summed E-state index contributed by atoms with van der Waals surface area (Å²) in [6.07, 6.45) is 33.2. The molecule has 0 aromatic carbocycles. The van der Waals surface area contributed by atoms with E-state index in [2.05, 4.69) is 60.9 Å². The Balaban J connectivity index is 1.37. The monoisotopic (exact) mass is 501 g/mol.